The van der Waals surface area contributed by atoms with Gasteiger partial charge in [0, 0.05) is 21.9 Å². The molecule has 0 amide bonds. The van der Waals surface area contributed by atoms with Gasteiger partial charge in [-0.15, -0.1) is 0 Å². The maximum atomic E-state index is 12.7. The van der Waals surface area contributed by atoms with Crippen molar-refractivity contribution >= 4 is 22.4 Å². The summed E-state index contributed by atoms with van der Waals surface area (Å²) in [5.41, 5.74) is 9.72. The molecule has 1 aliphatic rings. The van der Waals surface area contributed by atoms with Gasteiger partial charge in [0.1, 0.15) is 0 Å². The summed E-state index contributed by atoms with van der Waals surface area (Å²) >= 11 is 6.16. The van der Waals surface area contributed by atoms with Crippen LogP contribution in [0.15, 0.2) is 48.5 Å². The minimum atomic E-state index is -1.01. The Balaban J connectivity index is 1.79. The summed E-state index contributed by atoms with van der Waals surface area (Å²) < 4.78 is 12.7. The first kappa shape index (κ1) is 14.8. The van der Waals surface area contributed by atoms with Crippen LogP contribution in [0.3, 0.4) is 0 Å². The Labute approximate surface area is 132 Å². The molecule has 1 aliphatic carbocycles. The van der Waals surface area contributed by atoms with Crippen molar-refractivity contribution in [1.82, 2.24) is 0 Å². The average Bonchev–Trinajstić information content (AvgIpc) is 2.50. The molecule has 0 saturated carbocycles. The van der Waals surface area contributed by atoms with E-state index in [4.69, 9.17) is 17.3 Å². The third-order valence-corrected chi connectivity index (χ3v) is 6.27. The molecule has 2 aromatic rings. The van der Waals surface area contributed by atoms with Gasteiger partial charge in [0.15, 0.2) is 0 Å². The highest BCUT2D eigenvalue weighted by atomic mass is 35.5. The second-order valence-electron chi connectivity index (χ2n) is 5.42. The Bertz CT molecular complexity index is 673. The van der Waals surface area contributed by atoms with Gasteiger partial charge in [0.05, 0.1) is 11.0 Å². The van der Waals surface area contributed by atoms with Crippen molar-refractivity contribution in [3.63, 3.8) is 0 Å². The Morgan fingerprint density at radius 2 is 1.86 bits per heavy atom. The number of benzene rings is 2. The molecule has 3 unspecified atom stereocenters. The summed E-state index contributed by atoms with van der Waals surface area (Å²) in [6.07, 6.45) is 1.82. The molecule has 2 aromatic carbocycles. The summed E-state index contributed by atoms with van der Waals surface area (Å²) in [6, 6.07) is 15.6. The second kappa shape index (κ2) is 6.30. The first-order valence-corrected chi connectivity index (χ1v) is 8.87. The molecule has 0 saturated heterocycles. The van der Waals surface area contributed by atoms with Crippen LogP contribution in [0.1, 0.15) is 29.2 Å². The predicted molar refractivity (Wildman–Crippen MR) is 88.8 cm³/mol. The monoisotopic (exact) mass is 319 g/mol. The van der Waals surface area contributed by atoms with E-state index in [9.17, 15) is 4.21 Å². The van der Waals surface area contributed by atoms with Gasteiger partial charge in [0.2, 0.25) is 0 Å². The fourth-order valence-electron chi connectivity index (χ4n) is 2.94. The molecule has 2 nitrogen and oxygen atoms in total. The fraction of sp³-hybridized carbons (Fsp3) is 0.294. The van der Waals surface area contributed by atoms with Crippen LogP contribution in [0.25, 0.3) is 0 Å². The normalized spacial score (nSPS) is 22.6. The molecule has 0 radical (unpaired) electrons. The molecule has 0 aliphatic heterocycles. The lowest BCUT2D eigenvalue weighted by molar-refractivity contribution is 0.563. The van der Waals surface area contributed by atoms with Gasteiger partial charge in [-0.2, -0.15) is 0 Å². The van der Waals surface area contributed by atoms with E-state index >= 15 is 0 Å². The van der Waals surface area contributed by atoms with Crippen LogP contribution in [-0.2, 0) is 23.0 Å². The number of nitrogens with two attached hydrogens (primary N) is 1. The van der Waals surface area contributed by atoms with E-state index < -0.39 is 10.8 Å². The summed E-state index contributed by atoms with van der Waals surface area (Å²) in [5.74, 6) is 0.472. The molecule has 2 N–H and O–H groups in total. The van der Waals surface area contributed by atoms with Crippen molar-refractivity contribution in [3.05, 3.63) is 70.2 Å². The Kier molecular flexibility index (Phi) is 4.43. The van der Waals surface area contributed by atoms with E-state index in [1.165, 1.54) is 5.56 Å². The smallest absolute Gasteiger partial charge is 0.0547 e. The van der Waals surface area contributed by atoms with Crippen molar-refractivity contribution < 1.29 is 4.21 Å². The van der Waals surface area contributed by atoms with Crippen LogP contribution in [0.4, 0.5) is 0 Å². The van der Waals surface area contributed by atoms with Gasteiger partial charge in [0.25, 0.3) is 0 Å². The predicted octanol–water partition coefficient (Wildman–Crippen LogP) is 3.60. The fourth-order valence-corrected chi connectivity index (χ4v) is 4.84. The highest BCUT2D eigenvalue weighted by Gasteiger charge is 2.30. The number of hydrogen-bond donors (Lipinski definition) is 1. The SMILES string of the molecule is NC1c2ccccc2CCC1S(=O)Cc1ccccc1Cl. The van der Waals surface area contributed by atoms with Gasteiger partial charge in [-0.25, -0.2) is 0 Å². The second-order valence-corrected chi connectivity index (χ2v) is 7.48. The third kappa shape index (κ3) is 3.05. The van der Waals surface area contributed by atoms with Gasteiger partial charge in [-0.1, -0.05) is 54.1 Å². The van der Waals surface area contributed by atoms with Crippen molar-refractivity contribution in [2.75, 3.05) is 0 Å². The van der Waals surface area contributed by atoms with Gasteiger partial charge in [-0.3, -0.25) is 4.21 Å². The summed E-state index contributed by atoms with van der Waals surface area (Å²) in [6.45, 7) is 0. The highest BCUT2D eigenvalue weighted by molar-refractivity contribution is 7.84. The zero-order valence-electron chi connectivity index (χ0n) is 11.7. The highest BCUT2D eigenvalue weighted by Crippen LogP contribution is 2.32. The van der Waals surface area contributed by atoms with E-state index in [2.05, 4.69) is 12.1 Å². The maximum Gasteiger partial charge on any atom is 0.0547 e. The number of hydrogen-bond acceptors (Lipinski definition) is 2. The van der Waals surface area contributed by atoms with Crippen LogP contribution in [0.2, 0.25) is 5.02 Å². The lowest BCUT2D eigenvalue weighted by atomic mass is 9.88. The molecular formula is C17H18ClNOS. The number of halogens is 1. The minimum absolute atomic E-state index is 0.00354. The number of aryl methyl sites for hydroxylation is 1. The molecule has 0 bridgehead atoms. The zero-order valence-corrected chi connectivity index (χ0v) is 13.2. The van der Waals surface area contributed by atoms with Crippen molar-refractivity contribution in [2.45, 2.75) is 29.9 Å². The van der Waals surface area contributed by atoms with E-state index in [0.717, 1.165) is 24.0 Å². The topological polar surface area (TPSA) is 43.1 Å². The first-order chi connectivity index (χ1) is 10.2. The third-order valence-electron chi connectivity index (χ3n) is 4.11. The molecule has 21 heavy (non-hydrogen) atoms. The van der Waals surface area contributed by atoms with E-state index in [1.54, 1.807) is 0 Å². The largest absolute Gasteiger partial charge is 0.323 e. The van der Waals surface area contributed by atoms with Crippen molar-refractivity contribution in [3.8, 4) is 0 Å². The average molecular weight is 320 g/mol. The van der Waals surface area contributed by atoms with E-state index in [0.29, 0.717) is 10.8 Å². The summed E-state index contributed by atoms with van der Waals surface area (Å²) in [5, 5.41) is 0.673. The lowest BCUT2D eigenvalue weighted by Gasteiger charge is -2.30. The molecule has 0 spiro atoms. The van der Waals surface area contributed by atoms with Crippen molar-refractivity contribution in [1.29, 1.82) is 0 Å². The van der Waals surface area contributed by atoms with Gasteiger partial charge >= 0.3 is 0 Å². The summed E-state index contributed by atoms with van der Waals surface area (Å²) in [4.78, 5) is 0. The molecular weight excluding hydrogens is 302 g/mol. The van der Waals surface area contributed by atoms with Crippen LogP contribution >= 0.6 is 11.6 Å². The van der Waals surface area contributed by atoms with Crippen LogP contribution in [-0.4, -0.2) is 9.46 Å². The van der Waals surface area contributed by atoms with Crippen molar-refractivity contribution in [2.24, 2.45) is 5.73 Å². The molecule has 4 heteroatoms. The van der Waals surface area contributed by atoms with Crippen LogP contribution in [0.5, 0.6) is 0 Å². The maximum absolute atomic E-state index is 12.7. The van der Waals surface area contributed by atoms with Gasteiger partial charge < -0.3 is 5.73 Å². The quantitative estimate of drug-likeness (QED) is 0.939. The first-order valence-electron chi connectivity index (χ1n) is 7.11. The Hall–Kier alpha value is -1.16. The van der Waals surface area contributed by atoms with E-state index in [1.807, 2.05) is 36.4 Å². The Morgan fingerprint density at radius 3 is 2.67 bits per heavy atom. The Morgan fingerprint density at radius 1 is 1.14 bits per heavy atom. The number of rotatable bonds is 3. The minimum Gasteiger partial charge on any atom is -0.323 e. The van der Waals surface area contributed by atoms with Gasteiger partial charge in [-0.05, 0) is 35.6 Å². The molecule has 3 rings (SSSR count). The zero-order chi connectivity index (χ0) is 14.8. The van der Waals surface area contributed by atoms with E-state index in [-0.39, 0.29) is 11.3 Å². The lowest BCUT2D eigenvalue weighted by Crippen LogP contribution is -2.35. The van der Waals surface area contributed by atoms with Crippen LogP contribution in [0, 0.1) is 0 Å². The van der Waals surface area contributed by atoms with Crippen LogP contribution < -0.4 is 5.73 Å². The molecule has 110 valence electrons. The molecule has 0 aromatic heterocycles. The standard InChI is InChI=1S/C17H18ClNOS/c18-15-8-4-2-6-13(15)11-21(20)16-10-9-12-5-1-3-7-14(12)17(16)19/h1-8,16-17H,9-11,19H2. The number of fused-ring (bicyclic) bond motifs is 1. The molecule has 0 fully saturated rings. The molecule has 3 atom stereocenters. The summed E-state index contributed by atoms with van der Waals surface area (Å²) in [7, 11) is -1.01. The molecule has 0 heterocycles.